The molecule has 9 nitrogen and oxygen atoms in total. The van der Waals surface area contributed by atoms with Crippen LogP contribution >= 0.6 is 23.1 Å². The van der Waals surface area contributed by atoms with Gasteiger partial charge in [0.05, 0.1) is 24.5 Å². The Kier molecular flexibility index (Phi) is 13.5. The highest BCUT2D eigenvalue weighted by Crippen LogP contribution is 2.38. The van der Waals surface area contributed by atoms with E-state index >= 15 is 0 Å². The van der Waals surface area contributed by atoms with Crippen LogP contribution < -0.4 is 20.7 Å². The molecule has 1 aliphatic rings. The van der Waals surface area contributed by atoms with Gasteiger partial charge in [-0.2, -0.15) is 0 Å². The fourth-order valence-corrected chi connectivity index (χ4v) is 8.13. The molecule has 0 bridgehead atoms. The number of hydrogen-bond donors (Lipinski definition) is 3. The zero-order valence-electron chi connectivity index (χ0n) is 29.1. The summed E-state index contributed by atoms with van der Waals surface area (Å²) < 4.78 is 10.9. The lowest BCUT2D eigenvalue weighted by Crippen LogP contribution is -2.30. The van der Waals surface area contributed by atoms with Gasteiger partial charge in [0.25, 0.3) is 11.8 Å². The van der Waals surface area contributed by atoms with Crippen LogP contribution in [0.25, 0.3) is 6.08 Å². The van der Waals surface area contributed by atoms with E-state index in [1.165, 1.54) is 30.2 Å². The molecule has 3 amide bonds. The molecule has 0 saturated heterocycles. The minimum atomic E-state index is -0.527. The highest BCUT2D eigenvalue weighted by atomic mass is 32.2. The van der Waals surface area contributed by atoms with Gasteiger partial charge in [-0.15, -0.1) is 23.1 Å². The second-order valence-corrected chi connectivity index (χ2v) is 14.3. The zero-order chi connectivity index (χ0) is 36.2. The lowest BCUT2D eigenvalue weighted by molar-refractivity contribution is -0.116. The smallest absolute Gasteiger partial charge is 0.341 e. The molecule has 1 aromatic heterocycles. The number of ether oxygens (including phenoxy) is 2. The average Bonchev–Trinajstić information content (AvgIpc) is 3.46. The number of thioether (sulfide) groups is 1. The lowest BCUT2D eigenvalue weighted by atomic mass is 9.96. The molecular weight excluding hydrogens is 683 g/mol. The van der Waals surface area contributed by atoms with Gasteiger partial charge < -0.3 is 25.4 Å². The molecule has 1 aliphatic carbocycles. The van der Waals surface area contributed by atoms with E-state index in [9.17, 15) is 19.2 Å². The predicted molar refractivity (Wildman–Crippen MR) is 205 cm³/mol. The highest BCUT2D eigenvalue weighted by Gasteiger charge is 2.28. The van der Waals surface area contributed by atoms with Crippen LogP contribution in [0.15, 0.2) is 89.5 Å². The van der Waals surface area contributed by atoms with Gasteiger partial charge >= 0.3 is 5.97 Å². The van der Waals surface area contributed by atoms with Gasteiger partial charge in [0.1, 0.15) is 16.4 Å². The number of anilines is 2. The number of nitrogens with one attached hydrogen (secondary N) is 3. The Morgan fingerprint density at radius 3 is 2.37 bits per heavy atom. The first kappa shape index (κ1) is 37.4. The molecule has 0 spiro atoms. The first-order chi connectivity index (χ1) is 24.8. The Bertz CT molecular complexity index is 1890. The van der Waals surface area contributed by atoms with Crippen molar-refractivity contribution in [3.63, 3.8) is 0 Å². The molecule has 51 heavy (non-hydrogen) atoms. The fourth-order valence-electron chi connectivity index (χ4n) is 5.83. The number of carbonyl (C=O) groups excluding carboxylic acids is 4. The summed E-state index contributed by atoms with van der Waals surface area (Å²) in [6.07, 6.45) is 8.13. The summed E-state index contributed by atoms with van der Waals surface area (Å²) in [5, 5.41) is 8.81. The Morgan fingerprint density at radius 1 is 0.882 bits per heavy atom. The van der Waals surface area contributed by atoms with Crippen LogP contribution in [0.2, 0.25) is 0 Å². The summed E-state index contributed by atoms with van der Waals surface area (Å²) in [6.45, 7) is 4.25. The van der Waals surface area contributed by atoms with Crippen molar-refractivity contribution in [3.8, 4) is 5.75 Å². The Balaban J connectivity index is 1.34. The maximum Gasteiger partial charge on any atom is 0.341 e. The van der Waals surface area contributed by atoms with Crippen LogP contribution in [0.1, 0.15) is 82.7 Å². The minimum Gasteiger partial charge on any atom is -0.493 e. The van der Waals surface area contributed by atoms with E-state index in [1.807, 2.05) is 44.2 Å². The van der Waals surface area contributed by atoms with Gasteiger partial charge in [0.15, 0.2) is 0 Å². The molecular formula is C40H43N3O6S2. The maximum atomic E-state index is 13.7. The van der Waals surface area contributed by atoms with Crippen molar-refractivity contribution in [2.75, 3.05) is 24.4 Å². The van der Waals surface area contributed by atoms with Crippen molar-refractivity contribution in [2.45, 2.75) is 68.9 Å². The van der Waals surface area contributed by atoms with Crippen LogP contribution in [-0.4, -0.2) is 42.7 Å². The maximum absolute atomic E-state index is 13.7. The Hall–Kier alpha value is -4.87. The molecule has 1 unspecified atom stereocenters. The van der Waals surface area contributed by atoms with Crippen molar-refractivity contribution >= 4 is 63.6 Å². The molecule has 3 N–H and O–H groups in total. The fraction of sp³-hybridized carbons (Fsp3) is 0.300. The van der Waals surface area contributed by atoms with Gasteiger partial charge in [-0.1, -0.05) is 62.2 Å². The largest absolute Gasteiger partial charge is 0.493 e. The number of benzene rings is 3. The number of para-hydroxylation sites is 1. The number of amides is 3. The van der Waals surface area contributed by atoms with Gasteiger partial charge in [0, 0.05) is 26.6 Å². The van der Waals surface area contributed by atoms with Crippen LogP contribution in [0, 0.1) is 0 Å². The second kappa shape index (κ2) is 18.4. The molecule has 3 aromatic carbocycles. The molecule has 0 radical (unpaired) electrons. The number of thiophene rings is 1. The van der Waals surface area contributed by atoms with Crippen molar-refractivity contribution in [2.24, 2.45) is 0 Å². The number of esters is 1. The normalized spacial score (nSPS) is 13.5. The Morgan fingerprint density at radius 2 is 1.63 bits per heavy atom. The molecule has 5 rings (SSSR count). The molecule has 0 saturated carbocycles. The van der Waals surface area contributed by atoms with E-state index in [0.717, 1.165) is 53.9 Å². The van der Waals surface area contributed by atoms with Gasteiger partial charge in [-0.3, -0.25) is 14.4 Å². The summed E-state index contributed by atoms with van der Waals surface area (Å²) in [5.74, 6) is -1.02. The number of aryl methyl sites for hydroxylation is 1. The molecule has 1 atom stereocenters. The van der Waals surface area contributed by atoms with E-state index in [1.54, 1.807) is 54.6 Å². The molecule has 266 valence electrons. The molecule has 0 aliphatic heterocycles. The molecule has 11 heteroatoms. The third-order valence-electron chi connectivity index (χ3n) is 8.38. The van der Waals surface area contributed by atoms with Crippen LogP contribution in [0.5, 0.6) is 5.75 Å². The number of fused-ring (bicyclic) bond motifs is 1. The summed E-state index contributed by atoms with van der Waals surface area (Å²) in [4.78, 5) is 55.4. The average molecular weight is 726 g/mol. The van der Waals surface area contributed by atoms with Gasteiger partial charge in [0.2, 0.25) is 5.91 Å². The minimum absolute atomic E-state index is 0.0336. The number of hydrogen-bond acceptors (Lipinski definition) is 8. The second-order valence-electron chi connectivity index (χ2n) is 11.9. The quantitative estimate of drug-likeness (QED) is 0.0718. The zero-order valence-corrected chi connectivity index (χ0v) is 30.7. The van der Waals surface area contributed by atoms with E-state index in [2.05, 4.69) is 16.0 Å². The van der Waals surface area contributed by atoms with Crippen molar-refractivity contribution in [3.05, 3.63) is 112 Å². The first-order valence-corrected chi connectivity index (χ1v) is 18.9. The van der Waals surface area contributed by atoms with Gasteiger partial charge in [-0.25, -0.2) is 4.79 Å². The predicted octanol–water partition coefficient (Wildman–Crippen LogP) is 8.51. The van der Waals surface area contributed by atoms with Crippen molar-refractivity contribution < 1.29 is 28.7 Å². The topological polar surface area (TPSA) is 123 Å². The highest BCUT2D eigenvalue weighted by molar-refractivity contribution is 8.00. The van der Waals surface area contributed by atoms with E-state index in [4.69, 9.17) is 9.47 Å². The standard InChI is InChI=1S/C40H43N3O6S2/c1-4-33(38(46)43-39-35(40(47)48-3)30-21-11-6-7-12-23-34(30)51-39)50-29-20-15-19-28(25-29)41-37(45)31(42-36(44)26-16-9-8-10-17-26)24-27-18-13-14-22-32(27)49-5-2/h8-10,13-20,22,24-25,33H,4-7,11-12,21,23H2,1-3H3,(H,41,45)(H,42,44)(H,43,46)/b31-24+. The summed E-state index contributed by atoms with van der Waals surface area (Å²) in [6, 6.07) is 23.2. The monoisotopic (exact) mass is 725 g/mol. The van der Waals surface area contributed by atoms with Crippen LogP contribution in [-0.2, 0) is 27.2 Å². The third-order valence-corrected chi connectivity index (χ3v) is 10.9. The van der Waals surface area contributed by atoms with E-state index in [-0.39, 0.29) is 11.6 Å². The van der Waals surface area contributed by atoms with E-state index in [0.29, 0.717) is 46.2 Å². The van der Waals surface area contributed by atoms with Crippen molar-refractivity contribution in [1.82, 2.24) is 5.32 Å². The SMILES string of the molecule is CCOc1ccccc1/C=C(/NC(=O)c1ccccc1)C(=O)Nc1cccc(SC(CC)C(=O)Nc2sc3c(c2C(=O)OC)CCCCCC3)c1. The number of methoxy groups -OCH3 is 1. The molecule has 1 heterocycles. The summed E-state index contributed by atoms with van der Waals surface area (Å²) in [7, 11) is 1.37. The lowest BCUT2D eigenvalue weighted by Gasteiger charge is -2.16. The van der Waals surface area contributed by atoms with Crippen LogP contribution in [0.4, 0.5) is 10.7 Å². The number of rotatable bonds is 13. The third kappa shape index (κ3) is 9.89. The summed E-state index contributed by atoms with van der Waals surface area (Å²) >= 11 is 2.85. The Labute approximate surface area is 307 Å². The molecule has 4 aromatic rings. The van der Waals surface area contributed by atoms with E-state index < -0.39 is 23.0 Å². The van der Waals surface area contributed by atoms with Crippen LogP contribution in [0.3, 0.4) is 0 Å². The molecule has 0 fully saturated rings. The van der Waals surface area contributed by atoms with Gasteiger partial charge in [-0.05, 0) is 87.1 Å². The summed E-state index contributed by atoms with van der Waals surface area (Å²) in [5.41, 5.74) is 3.04. The number of carbonyl (C=O) groups is 4. The first-order valence-electron chi connectivity index (χ1n) is 17.2. The van der Waals surface area contributed by atoms with Crippen molar-refractivity contribution in [1.29, 1.82) is 0 Å².